The van der Waals surface area contributed by atoms with Crippen molar-refractivity contribution in [2.75, 3.05) is 5.32 Å². The number of hydrogen-bond acceptors (Lipinski definition) is 5. The Kier molecular flexibility index (Phi) is 3.44. The lowest BCUT2D eigenvalue weighted by atomic mass is 10.1. The van der Waals surface area contributed by atoms with E-state index < -0.39 is 0 Å². The summed E-state index contributed by atoms with van der Waals surface area (Å²) in [5, 5.41) is 21.4. The van der Waals surface area contributed by atoms with Gasteiger partial charge in [-0.1, -0.05) is 18.2 Å². The molecule has 5 nitrogen and oxygen atoms in total. The fourth-order valence-corrected chi connectivity index (χ4v) is 2.18. The maximum Gasteiger partial charge on any atom is 0.186 e. The third-order valence-electron chi connectivity index (χ3n) is 3.38. The standard InChI is InChI=1S/C16H13N5/c1-11-6-7-18-9-12(11)10-19-16-13-4-2-3-5-14(13)20-21-15(16)8-17/h2-7,9H,10H2,1H3,(H,19,20). The molecule has 102 valence electrons. The van der Waals surface area contributed by atoms with Gasteiger partial charge in [0.15, 0.2) is 5.69 Å². The third kappa shape index (κ3) is 2.51. The van der Waals surface area contributed by atoms with Crippen molar-refractivity contribution in [2.45, 2.75) is 13.5 Å². The highest BCUT2D eigenvalue weighted by Crippen LogP contribution is 2.24. The molecular weight excluding hydrogens is 262 g/mol. The molecule has 0 bridgehead atoms. The molecule has 3 aromatic rings. The van der Waals surface area contributed by atoms with Crippen molar-refractivity contribution in [3.05, 3.63) is 59.5 Å². The van der Waals surface area contributed by atoms with Crippen molar-refractivity contribution >= 4 is 16.6 Å². The molecule has 0 radical (unpaired) electrons. The molecule has 0 fully saturated rings. The fraction of sp³-hybridized carbons (Fsp3) is 0.125. The first-order valence-corrected chi connectivity index (χ1v) is 6.58. The number of nitrogens with one attached hydrogen (secondary N) is 1. The van der Waals surface area contributed by atoms with Gasteiger partial charge in [-0.25, -0.2) is 0 Å². The minimum absolute atomic E-state index is 0.301. The summed E-state index contributed by atoms with van der Waals surface area (Å²) < 4.78 is 0. The first-order valence-electron chi connectivity index (χ1n) is 6.58. The maximum absolute atomic E-state index is 9.22. The van der Waals surface area contributed by atoms with Crippen LogP contribution in [0.5, 0.6) is 0 Å². The van der Waals surface area contributed by atoms with E-state index in [9.17, 15) is 5.26 Å². The van der Waals surface area contributed by atoms with Crippen LogP contribution in [-0.4, -0.2) is 15.2 Å². The van der Waals surface area contributed by atoms with Crippen molar-refractivity contribution < 1.29 is 0 Å². The van der Waals surface area contributed by atoms with E-state index >= 15 is 0 Å². The van der Waals surface area contributed by atoms with Crippen molar-refractivity contribution in [3.63, 3.8) is 0 Å². The molecule has 0 saturated carbocycles. The average Bonchev–Trinajstić information content (AvgIpc) is 2.53. The summed E-state index contributed by atoms with van der Waals surface area (Å²) in [6.07, 6.45) is 3.59. The molecule has 2 heterocycles. The van der Waals surface area contributed by atoms with Gasteiger partial charge < -0.3 is 5.32 Å². The molecule has 0 amide bonds. The van der Waals surface area contributed by atoms with Crippen molar-refractivity contribution in [3.8, 4) is 6.07 Å². The molecule has 0 aliphatic carbocycles. The zero-order valence-corrected chi connectivity index (χ0v) is 11.5. The van der Waals surface area contributed by atoms with Gasteiger partial charge in [0.2, 0.25) is 0 Å². The monoisotopic (exact) mass is 275 g/mol. The molecule has 21 heavy (non-hydrogen) atoms. The SMILES string of the molecule is Cc1ccncc1CNc1c(C#N)nnc2ccccc12. The van der Waals surface area contributed by atoms with E-state index in [1.54, 1.807) is 6.20 Å². The van der Waals surface area contributed by atoms with Crippen LogP contribution in [-0.2, 0) is 6.54 Å². The van der Waals surface area contributed by atoms with E-state index in [-0.39, 0.29) is 0 Å². The highest BCUT2D eigenvalue weighted by Gasteiger charge is 2.10. The van der Waals surface area contributed by atoms with Crippen LogP contribution in [0.25, 0.3) is 10.9 Å². The molecule has 0 saturated heterocycles. The summed E-state index contributed by atoms with van der Waals surface area (Å²) in [4.78, 5) is 4.13. The number of aromatic nitrogens is 3. The van der Waals surface area contributed by atoms with Crippen molar-refractivity contribution in [1.29, 1.82) is 5.26 Å². The highest BCUT2D eigenvalue weighted by atomic mass is 15.1. The summed E-state index contributed by atoms with van der Waals surface area (Å²) in [5.41, 5.74) is 4.02. The second kappa shape index (κ2) is 5.55. The van der Waals surface area contributed by atoms with Gasteiger partial charge in [-0.2, -0.15) is 5.26 Å². The van der Waals surface area contributed by atoms with Crippen LogP contribution in [0.1, 0.15) is 16.8 Å². The smallest absolute Gasteiger partial charge is 0.186 e. The lowest BCUT2D eigenvalue weighted by molar-refractivity contribution is 1.03. The Hall–Kier alpha value is -3.00. The van der Waals surface area contributed by atoms with E-state index in [0.717, 1.165) is 22.0 Å². The van der Waals surface area contributed by atoms with Crippen LogP contribution in [0.2, 0.25) is 0 Å². The molecule has 1 N–H and O–H groups in total. The summed E-state index contributed by atoms with van der Waals surface area (Å²) in [6.45, 7) is 2.62. The number of fused-ring (bicyclic) bond motifs is 1. The highest BCUT2D eigenvalue weighted by molar-refractivity contribution is 5.92. The Morgan fingerprint density at radius 3 is 2.86 bits per heavy atom. The summed E-state index contributed by atoms with van der Waals surface area (Å²) in [7, 11) is 0. The number of nitriles is 1. The molecule has 0 atom stereocenters. The van der Waals surface area contributed by atoms with Crippen LogP contribution in [0.3, 0.4) is 0 Å². The molecule has 0 unspecified atom stereocenters. The third-order valence-corrected chi connectivity index (χ3v) is 3.38. The minimum Gasteiger partial charge on any atom is -0.378 e. The van der Waals surface area contributed by atoms with Gasteiger partial charge in [0, 0.05) is 24.3 Å². The Morgan fingerprint density at radius 1 is 1.19 bits per heavy atom. The van der Waals surface area contributed by atoms with E-state index in [1.807, 2.05) is 43.5 Å². The second-order valence-corrected chi connectivity index (χ2v) is 4.71. The summed E-state index contributed by atoms with van der Waals surface area (Å²) in [6, 6.07) is 11.7. The zero-order chi connectivity index (χ0) is 14.7. The topological polar surface area (TPSA) is 74.5 Å². The zero-order valence-electron chi connectivity index (χ0n) is 11.5. The van der Waals surface area contributed by atoms with E-state index in [1.165, 1.54) is 0 Å². The first kappa shape index (κ1) is 13.0. The van der Waals surface area contributed by atoms with Gasteiger partial charge in [-0.3, -0.25) is 4.98 Å². The predicted molar refractivity (Wildman–Crippen MR) is 80.6 cm³/mol. The number of nitrogens with zero attached hydrogens (tertiary/aromatic N) is 4. The average molecular weight is 275 g/mol. The van der Waals surface area contributed by atoms with Gasteiger partial charge in [-0.15, -0.1) is 10.2 Å². The lowest BCUT2D eigenvalue weighted by Crippen LogP contribution is -2.06. The quantitative estimate of drug-likeness (QED) is 0.795. The van der Waals surface area contributed by atoms with Crippen molar-refractivity contribution in [1.82, 2.24) is 15.2 Å². The van der Waals surface area contributed by atoms with Gasteiger partial charge in [0.1, 0.15) is 6.07 Å². The number of rotatable bonds is 3. The molecular formula is C16H13N5. The minimum atomic E-state index is 0.301. The summed E-state index contributed by atoms with van der Waals surface area (Å²) >= 11 is 0. The maximum atomic E-state index is 9.22. The Balaban J connectivity index is 2.00. The largest absolute Gasteiger partial charge is 0.378 e. The molecule has 0 aliphatic heterocycles. The number of anilines is 1. The molecule has 1 aromatic carbocycles. The van der Waals surface area contributed by atoms with Gasteiger partial charge in [0.05, 0.1) is 11.2 Å². The van der Waals surface area contributed by atoms with Gasteiger partial charge in [0.25, 0.3) is 0 Å². The van der Waals surface area contributed by atoms with Crippen LogP contribution < -0.4 is 5.32 Å². The van der Waals surface area contributed by atoms with Crippen LogP contribution in [0.15, 0.2) is 42.7 Å². The lowest BCUT2D eigenvalue weighted by Gasteiger charge is -2.11. The molecule has 3 rings (SSSR count). The normalized spacial score (nSPS) is 10.3. The van der Waals surface area contributed by atoms with Crippen molar-refractivity contribution in [2.24, 2.45) is 0 Å². The first-order chi connectivity index (χ1) is 10.3. The van der Waals surface area contributed by atoms with Crippen LogP contribution in [0, 0.1) is 18.3 Å². The van der Waals surface area contributed by atoms with E-state index in [4.69, 9.17) is 0 Å². The van der Waals surface area contributed by atoms with Gasteiger partial charge in [-0.05, 0) is 30.2 Å². The van der Waals surface area contributed by atoms with Crippen LogP contribution >= 0.6 is 0 Å². The number of hydrogen-bond donors (Lipinski definition) is 1. The second-order valence-electron chi connectivity index (χ2n) is 4.71. The van der Waals surface area contributed by atoms with E-state index in [0.29, 0.717) is 17.9 Å². The Morgan fingerprint density at radius 2 is 2.05 bits per heavy atom. The Bertz CT molecular complexity index is 835. The molecule has 2 aromatic heterocycles. The predicted octanol–water partition coefficient (Wildman–Crippen LogP) is 2.82. The van der Waals surface area contributed by atoms with E-state index in [2.05, 4.69) is 26.6 Å². The molecule has 0 spiro atoms. The van der Waals surface area contributed by atoms with Gasteiger partial charge >= 0.3 is 0 Å². The molecule has 0 aliphatic rings. The number of benzene rings is 1. The number of aryl methyl sites for hydroxylation is 1. The fourth-order valence-electron chi connectivity index (χ4n) is 2.18. The summed E-state index contributed by atoms with van der Waals surface area (Å²) in [5.74, 6) is 0. The number of pyridine rings is 1. The Labute approximate surface area is 122 Å². The van der Waals surface area contributed by atoms with Crippen LogP contribution in [0.4, 0.5) is 5.69 Å². The molecule has 5 heteroatoms.